The topological polar surface area (TPSA) is 50.3 Å². The maximum atomic E-state index is 13.6. The SMILES string of the molecule is O=C1C(c2ccccc2)=C(c2ccccc2)C(=O)N1c1cccc2cccnc12. The predicted molar refractivity (Wildman–Crippen MR) is 114 cm³/mol. The number of aromatic nitrogens is 1. The minimum atomic E-state index is -0.335. The normalized spacial score (nSPS) is 14.1. The van der Waals surface area contributed by atoms with Crippen LogP contribution in [0.15, 0.2) is 97.2 Å². The van der Waals surface area contributed by atoms with Crippen molar-refractivity contribution in [3.63, 3.8) is 0 Å². The molecule has 0 saturated heterocycles. The van der Waals surface area contributed by atoms with E-state index >= 15 is 0 Å². The number of pyridine rings is 1. The van der Waals surface area contributed by atoms with E-state index < -0.39 is 0 Å². The van der Waals surface area contributed by atoms with Crippen LogP contribution in [0, 0.1) is 0 Å². The number of benzene rings is 3. The summed E-state index contributed by atoms with van der Waals surface area (Å²) >= 11 is 0. The van der Waals surface area contributed by atoms with Crippen LogP contribution in [-0.2, 0) is 9.59 Å². The zero-order valence-electron chi connectivity index (χ0n) is 15.4. The van der Waals surface area contributed by atoms with Gasteiger partial charge in [-0.15, -0.1) is 0 Å². The Hall–Kier alpha value is -4.05. The van der Waals surface area contributed by atoms with Crippen molar-refractivity contribution in [2.24, 2.45) is 0 Å². The van der Waals surface area contributed by atoms with Crippen LogP contribution in [0.1, 0.15) is 11.1 Å². The van der Waals surface area contributed by atoms with Crippen LogP contribution in [0.3, 0.4) is 0 Å². The molecule has 0 unspecified atom stereocenters. The summed E-state index contributed by atoms with van der Waals surface area (Å²) in [6.07, 6.45) is 1.67. The molecule has 0 atom stereocenters. The Bertz CT molecular complexity index is 1210. The van der Waals surface area contributed by atoms with E-state index in [-0.39, 0.29) is 11.8 Å². The number of rotatable bonds is 3. The first-order valence-electron chi connectivity index (χ1n) is 9.33. The standard InChI is InChI=1S/C25H16N2O2/c28-24-21(17-9-3-1-4-10-17)22(18-11-5-2-6-12-18)25(29)27(24)20-15-7-13-19-14-8-16-26-23(19)20/h1-16H. The van der Waals surface area contributed by atoms with Crippen LogP contribution in [0.4, 0.5) is 5.69 Å². The van der Waals surface area contributed by atoms with E-state index in [0.717, 1.165) is 16.5 Å². The summed E-state index contributed by atoms with van der Waals surface area (Å²) in [4.78, 5) is 32.8. The zero-order chi connectivity index (χ0) is 19.8. The molecule has 0 aliphatic carbocycles. The fraction of sp³-hybridized carbons (Fsp3) is 0. The number of hydrogen-bond acceptors (Lipinski definition) is 3. The fourth-order valence-electron chi connectivity index (χ4n) is 3.76. The summed E-state index contributed by atoms with van der Waals surface area (Å²) in [5, 5.41) is 0.875. The highest BCUT2D eigenvalue weighted by molar-refractivity contribution is 6.57. The molecule has 0 radical (unpaired) electrons. The fourth-order valence-corrected chi connectivity index (χ4v) is 3.76. The number of fused-ring (bicyclic) bond motifs is 1. The Morgan fingerprint density at radius 1 is 0.586 bits per heavy atom. The average molecular weight is 376 g/mol. The predicted octanol–water partition coefficient (Wildman–Crippen LogP) is 4.72. The number of amides is 2. The number of nitrogens with zero attached hydrogens (tertiary/aromatic N) is 2. The van der Waals surface area contributed by atoms with Crippen LogP contribution < -0.4 is 4.90 Å². The van der Waals surface area contributed by atoms with E-state index in [1.807, 2.05) is 84.9 Å². The quantitative estimate of drug-likeness (QED) is 0.486. The number of para-hydroxylation sites is 1. The number of imide groups is 1. The van der Waals surface area contributed by atoms with Crippen LogP contribution in [0.2, 0.25) is 0 Å². The Labute approximate surface area is 167 Å². The van der Waals surface area contributed by atoms with Crippen molar-refractivity contribution in [3.05, 3.63) is 108 Å². The zero-order valence-corrected chi connectivity index (χ0v) is 15.4. The largest absolute Gasteiger partial charge is 0.268 e. The molecule has 2 amide bonds. The highest BCUT2D eigenvalue weighted by Crippen LogP contribution is 2.39. The van der Waals surface area contributed by atoms with Gasteiger partial charge in [-0.3, -0.25) is 14.6 Å². The maximum Gasteiger partial charge on any atom is 0.266 e. The van der Waals surface area contributed by atoms with Gasteiger partial charge in [0.15, 0.2) is 0 Å². The molecule has 0 bridgehead atoms. The molecular formula is C25H16N2O2. The van der Waals surface area contributed by atoms with Crippen molar-refractivity contribution < 1.29 is 9.59 Å². The number of carbonyl (C=O) groups is 2. The van der Waals surface area contributed by atoms with Crippen molar-refractivity contribution in [2.45, 2.75) is 0 Å². The van der Waals surface area contributed by atoms with E-state index in [1.54, 1.807) is 12.3 Å². The average Bonchev–Trinajstić information content (AvgIpc) is 3.04. The van der Waals surface area contributed by atoms with Crippen molar-refractivity contribution in [2.75, 3.05) is 4.90 Å². The van der Waals surface area contributed by atoms with Crippen LogP contribution in [0.25, 0.3) is 22.0 Å². The first kappa shape index (κ1) is 17.1. The van der Waals surface area contributed by atoms with Gasteiger partial charge in [-0.25, -0.2) is 4.90 Å². The second kappa shape index (κ2) is 6.84. The molecule has 2 heterocycles. The lowest BCUT2D eigenvalue weighted by Crippen LogP contribution is -2.31. The molecule has 0 saturated carbocycles. The Balaban J connectivity index is 1.74. The summed E-state index contributed by atoms with van der Waals surface area (Å²) in [5.41, 5.74) is 3.39. The molecule has 0 spiro atoms. The molecular weight excluding hydrogens is 360 g/mol. The Morgan fingerprint density at radius 2 is 1.14 bits per heavy atom. The molecule has 1 aliphatic heterocycles. The van der Waals surface area contributed by atoms with Gasteiger partial charge >= 0.3 is 0 Å². The summed E-state index contributed by atoms with van der Waals surface area (Å²) < 4.78 is 0. The van der Waals surface area contributed by atoms with Gasteiger partial charge in [-0.1, -0.05) is 78.9 Å². The summed E-state index contributed by atoms with van der Waals surface area (Å²) in [6.45, 7) is 0. The van der Waals surface area contributed by atoms with E-state index in [4.69, 9.17) is 0 Å². The van der Waals surface area contributed by atoms with Crippen molar-refractivity contribution in [3.8, 4) is 0 Å². The van der Waals surface area contributed by atoms with E-state index in [2.05, 4.69) is 4.98 Å². The van der Waals surface area contributed by atoms with E-state index in [9.17, 15) is 9.59 Å². The smallest absolute Gasteiger partial charge is 0.266 e. The van der Waals surface area contributed by atoms with Gasteiger partial charge in [-0.2, -0.15) is 0 Å². The molecule has 4 nitrogen and oxygen atoms in total. The van der Waals surface area contributed by atoms with Gasteiger partial charge in [0.1, 0.15) is 0 Å². The van der Waals surface area contributed by atoms with Crippen molar-refractivity contribution in [1.29, 1.82) is 0 Å². The second-order valence-corrected chi connectivity index (χ2v) is 6.78. The molecule has 29 heavy (non-hydrogen) atoms. The highest BCUT2D eigenvalue weighted by Gasteiger charge is 2.41. The van der Waals surface area contributed by atoms with Gasteiger partial charge in [0.25, 0.3) is 11.8 Å². The second-order valence-electron chi connectivity index (χ2n) is 6.78. The highest BCUT2D eigenvalue weighted by atomic mass is 16.2. The number of carbonyl (C=O) groups excluding carboxylic acids is 2. The summed E-state index contributed by atoms with van der Waals surface area (Å²) in [6, 6.07) is 27.9. The molecule has 3 aromatic carbocycles. The first-order valence-corrected chi connectivity index (χ1v) is 9.33. The Kier molecular flexibility index (Phi) is 4.03. The molecule has 5 rings (SSSR count). The van der Waals surface area contributed by atoms with E-state index in [0.29, 0.717) is 22.4 Å². The van der Waals surface area contributed by atoms with Crippen LogP contribution >= 0.6 is 0 Å². The minimum absolute atomic E-state index is 0.335. The maximum absolute atomic E-state index is 13.6. The summed E-state index contributed by atoms with van der Waals surface area (Å²) in [7, 11) is 0. The number of anilines is 1. The van der Waals surface area contributed by atoms with E-state index in [1.165, 1.54) is 4.90 Å². The third-order valence-corrected chi connectivity index (χ3v) is 5.06. The monoisotopic (exact) mass is 376 g/mol. The molecule has 4 heteroatoms. The van der Waals surface area contributed by atoms with Crippen molar-refractivity contribution in [1.82, 2.24) is 4.98 Å². The molecule has 0 fully saturated rings. The van der Waals surface area contributed by atoms with Gasteiger partial charge in [0.05, 0.1) is 22.4 Å². The Morgan fingerprint density at radius 3 is 1.72 bits per heavy atom. The molecule has 1 aromatic heterocycles. The third kappa shape index (κ3) is 2.74. The lowest BCUT2D eigenvalue weighted by Gasteiger charge is -2.17. The molecule has 0 N–H and O–H groups in total. The van der Waals surface area contributed by atoms with Gasteiger partial charge in [-0.05, 0) is 23.3 Å². The molecule has 1 aliphatic rings. The van der Waals surface area contributed by atoms with Crippen molar-refractivity contribution >= 4 is 39.6 Å². The molecule has 4 aromatic rings. The molecule has 138 valence electrons. The van der Waals surface area contributed by atoms with Gasteiger partial charge in [0, 0.05) is 11.6 Å². The number of hydrogen-bond donors (Lipinski definition) is 0. The third-order valence-electron chi connectivity index (χ3n) is 5.06. The lowest BCUT2D eigenvalue weighted by atomic mass is 9.96. The summed E-state index contributed by atoms with van der Waals surface area (Å²) in [5.74, 6) is -0.670. The van der Waals surface area contributed by atoms with Crippen LogP contribution in [-0.4, -0.2) is 16.8 Å². The minimum Gasteiger partial charge on any atom is -0.268 e. The van der Waals surface area contributed by atoms with Gasteiger partial charge < -0.3 is 0 Å². The lowest BCUT2D eigenvalue weighted by molar-refractivity contribution is -0.119. The first-order chi connectivity index (χ1) is 14.3. The van der Waals surface area contributed by atoms with Crippen LogP contribution in [0.5, 0.6) is 0 Å². The van der Waals surface area contributed by atoms with Gasteiger partial charge in [0.2, 0.25) is 0 Å².